The molecule has 3 nitrogen and oxygen atoms in total. The zero-order chi connectivity index (χ0) is 9.68. The van der Waals surface area contributed by atoms with Crippen molar-refractivity contribution in [1.29, 1.82) is 0 Å². The van der Waals surface area contributed by atoms with E-state index in [2.05, 4.69) is 23.1 Å². The minimum absolute atomic E-state index is 0.316. The van der Waals surface area contributed by atoms with Crippen LogP contribution in [0.25, 0.3) is 0 Å². The normalized spacial score (nSPS) is 9.54. The van der Waals surface area contributed by atoms with E-state index in [0.29, 0.717) is 5.95 Å². The van der Waals surface area contributed by atoms with Gasteiger partial charge in [0, 0.05) is 24.2 Å². The van der Waals surface area contributed by atoms with Gasteiger partial charge in [0.25, 0.3) is 0 Å². The lowest BCUT2D eigenvalue weighted by molar-refractivity contribution is 1.00. The quantitative estimate of drug-likeness (QED) is 0.706. The van der Waals surface area contributed by atoms with E-state index in [-0.39, 0.29) is 0 Å². The monoisotopic (exact) mass is 175 g/mol. The molecule has 0 aromatic carbocycles. The maximum absolute atomic E-state index is 5.53. The van der Waals surface area contributed by atoms with Crippen molar-refractivity contribution in [1.82, 2.24) is 9.97 Å². The summed E-state index contributed by atoms with van der Waals surface area (Å²) in [5.74, 6) is 0.316. The van der Waals surface area contributed by atoms with Crippen LogP contribution in [0.2, 0.25) is 0 Å². The van der Waals surface area contributed by atoms with Crippen LogP contribution >= 0.6 is 0 Å². The molecule has 0 saturated carbocycles. The summed E-state index contributed by atoms with van der Waals surface area (Å²) in [7, 11) is 0. The van der Waals surface area contributed by atoms with Gasteiger partial charge in [-0.25, -0.2) is 9.97 Å². The fraction of sp³-hybridized carbons (Fsp3) is 0.200. The van der Waals surface area contributed by atoms with Crippen LogP contribution < -0.4 is 5.73 Å². The largest absolute Gasteiger partial charge is 0.368 e. The molecular weight excluding hydrogens is 162 g/mol. The van der Waals surface area contributed by atoms with Gasteiger partial charge in [0.15, 0.2) is 0 Å². The smallest absolute Gasteiger partial charge is 0.220 e. The molecule has 3 heteroatoms. The number of hydrogen-bond acceptors (Lipinski definition) is 3. The van der Waals surface area contributed by atoms with Crippen LogP contribution in [-0.4, -0.2) is 9.97 Å². The minimum Gasteiger partial charge on any atom is -0.368 e. The standard InChI is InChI=1S/C10H13N3/c1-3-5-8-7-9(6-4-2)13-10(11)12-8/h3-4,7H,1-2,5-6H2,(H2,11,12,13). The van der Waals surface area contributed by atoms with Gasteiger partial charge in [0.2, 0.25) is 5.95 Å². The third kappa shape index (κ3) is 2.71. The van der Waals surface area contributed by atoms with E-state index in [1.165, 1.54) is 0 Å². The fourth-order valence-electron chi connectivity index (χ4n) is 1.08. The Bertz CT molecular complexity index is 290. The molecule has 2 N–H and O–H groups in total. The molecule has 0 unspecified atom stereocenters. The van der Waals surface area contributed by atoms with Gasteiger partial charge in [-0.3, -0.25) is 0 Å². The highest BCUT2D eigenvalue weighted by molar-refractivity contribution is 5.24. The van der Waals surface area contributed by atoms with Crippen molar-refractivity contribution in [2.75, 3.05) is 5.73 Å². The number of nitrogen functional groups attached to an aromatic ring is 1. The Labute approximate surface area is 78.0 Å². The van der Waals surface area contributed by atoms with Gasteiger partial charge >= 0.3 is 0 Å². The van der Waals surface area contributed by atoms with Gasteiger partial charge in [-0.15, -0.1) is 13.2 Å². The van der Waals surface area contributed by atoms with E-state index in [9.17, 15) is 0 Å². The van der Waals surface area contributed by atoms with Crippen LogP contribution in [0.5, 0.6) is 0 Å². The first-order valence-corrected chi connectivity index (χ1v) is 4.10. The maximum Gasteiger partial charge on any atom is 0.220 e. The van der Waals surface area contributed by atoms with Crippen molar-refractivity contribution in [2.24, 2.45) is 0 Å². The second-order valence-corrected chi connectivity index (χ2v) is 2.69. The van der Waals surface area contributed by atoms with Crippen LogP contribution in [0.3, 0.4) is 0 Å². The SMILES string of the molecule is C=CCc1cc(CC=C)nc(N)n1. The summed E-state index contributed by atoms with van der Waals surface area (Å²) in [4.78, 5) is 8.13. The van der Waals surface area contributed by atoms with Gasteiger partial charge in [0.05, 0.1) is 0 Å². The number of allylic oxidation sites excluding steroid dienone is 2. The fourth-order valence-corrected chi connectivity index (χ4v) is 1.08. The molecule has 0 aliphatic rings. The molecule has 1 heterocycles. The number of hydrogen-bond donors (Lipinski definition) is 1. The van der Waals surface area contributed by atoms with E-state index in [0.717, 1.165) is 24.2 Å². The van der Waals surface area contributed by atoms with Crippen LogP contribution in [0, 0.1) is 0 Å². The summed E-state index contributed by atoms with van der Waals surface area (Å²) in [6.45, 7) is 7.28. The molecule has 0 aliphatic heterocycles. The molecule has 0 bridgehead atoms. The summed E-state index contributed by atoms with van der Waals surface area (Å²) < 4.78 is 0. The molecule has 68 valence electrons. The predicted molar refractivity (Wildman–Crippen MR) is 54.2 cm³/mol. The number of anilines is 1. The first-order chi connectivity index (χ1) is 6.26. The van der Waals surface area contributed by atoms with E-state index in [4.69, 9.17) is 5.73 Å². The molecule has 0 aliphatic carbocycles. The lowest BCUT2D eigenvalue weighted by Gasteiger charge is -2.01. The van der Waals surface area contributed by atoms with Crippen LogP contribution in [0.4, 0.5) is 5.95 Å². The average molecular weight is 175 g/mol. The second-order valence-electron chi connectivity index (χ2n) is 2.69. The highest BCUT2D eigenvalue weighted by Crippen LogP contribution is 2.05. The first-order valence-electron chi connectivity index (χ1n) is 4.10. The molecule has 0 atom stereocenters. The van der Waals surface area contributed by atoms with Crippen molar-refractivity contribution in [2.45, 2.75) is 12.8 Å². The summed E-state index contributed by atoms with van der Waals surface area (Å²) in [5, 5.41) is 0. The third-order valence-corrected chi connectivity index (χ3v) is 1.56. The Balaban J connectivity index is 2.95. The second kappa shape index (κ2) is 4.40. The summed E-state index contributed by atoms with van der Waals surface area (Å²) in [5.41, 5.74) is 7.33. The third-order valence-electron chi connectivity index (χ3n) is 1.56. The molecule has 0 spiro atoms. The van der Waals surface area contributed by atoms with Crippen LogP contribution in [0.1, 0.15) is 11.4 Å². The van der Waals surface area contributed by atoms with Gasteiger partial charge < -0.3 is 5.73 Å². The topological polar surface area (TPSA) is 51.8 Å². The average Bonchev–Trinajstić information content (AvgIpc) is 2.04. The summed E-state index contributed by atoms with van der Waals surface area (Å²) >= 11 is 0. The van der Waals surface area contributed by atoms with Crippen molar-refractivity contribution in [3.8, 4) is 0 Å². The Morgan fingerprint density at radius 1 is 1.15 bits per heavy atom. The van der Waals surface area contributed by atoms with Crippen molar-refractivity contribution < 1.29 is 0 Å². The molecular formula is C10H13N3. The van der Waals surface area contributed by atoms with Crippen molar-refractivity contribution in [3.05, 3.63) is 42.8 Å². The number of nitrogens with zero attached hydrogens (tertiary/aromatic N) is 2. The molecule has 1 aromatic rings. The molecule has 0 radical (unpaired) electrons. The summed E-state index contributed by atoms with van der Waals surface area (Å²) in [6.07, 6.45) is 5.02. The number of nitrogens with two attached hydrogens (primary N) is 1. The zero-order valence-corrected chi connectivity index (χ0v) is 7.53. The van der Waals surface area contributed by atoms with Crippen LogP contribution in [-0.2, 0) is 12.8 Å². The van der Waals surface area contributed by atoms with Gasteiger partial charge in [-0.1, -0.05) is 12.2 Å². The molecule has 1 aromatic heterocycles. The molecule has 13 heavy (non-hydrogen) atoms. The Morgan fingerprint density at radius 2 is 1.62 bits per heavy atom. The van der Waals surface area contributed by atoms with Crippen molar-refractivity contribution >= 4 is 5.95 Å². The highest BCUT2D eigenvalue weighted by Gasteiger charge is 1.99. The van der Waals surface area contributed by atoms with Gasteiger partial charge in [-0.05, 0) is 6.07 Å². The molecule has 0 amide bonds. The van der Waals surface area contributed by atoms with Gasteiger partial charge in [-0.2, -0.15) is 0 Å². The lowest BCUT2D eigenvalue weighted by Crippen LogP contribution is -2.02. The van der Waals surface area contributed by atoms with Gasteiger partial charge in [0.1, 0.15) is 0 Å². The number of rotatable bonds is 4. The van der Waals surface area contributed by atoms with Crippen LogP contribution in [0.15, 0.2) is 31.4 Å². The molecule has 0 fully saturated rings. The number of aromatic nitrogens is 2. The summed E-state index contributed by atoms with van der Waals surface area (Å²) in [6, 6.07) is 1.92. The molecule has 0 saturated heterocycles. The van der Waals surface area contributed by atoms with E-state index in [1.54, 1.807) is 12.2 Å². The van der Waals surface area contributed by atoms with E-state index in [1.807, 2.05) is 6.07 Å². The lowest BCUT2D eigenvalue weighted by atomic mass is 10.2. The zero-order valence-electron chi connectivity index (χ0n) is 7.53. The molecule has 1 rings (SSSR count). The van der Waals surface area contributed by atoms with Crippen molar-refractivity contribution in [3.63, 3.8) is 0 Å². The Kier molecular flexibility index (Phi) is 3.20. The predicted octanol–water partition coefficient (Wildman–Crippen LogP) is 1.52. The Morgan fingerprint density at radius 3 is 2.00 bits per heavy atom. The Hall–Kier alpha value is -1.64. The van der Waals surface area contributed by atoms with E-state index < -0.39 is 0 Å². The highest BCUT2D eigenvalue weighted by atomic mass is 15.0. The first kappa shape index (κ1) is 9.45. The van der Waals surface area contributed by atoms with E-state index >= 15 is 0 Å². The minimum atomic E-state index is 0.316. The maximum atomic E-state index is 5.53.